The normalized spacial score (nSPS) is 10.6. The van der Waals surface area contributed by atoms with Gasteiger partial charge in [-0.05, 0) is 48.5 Å². The third-order valence-electron chi connectivity index (χ3n) is 4.29. The first-order valence-electron chi connectivity index (χ1n) is 8.77. The molecule has 0 aliphatic carbocycles. The van der Waals surface area contributed by atoms with Crippen molar-refractivity contribution in [3.63, 3.8) is 0 Å². The van der Waals surface area contributed by atoms with E-state index in [9.17, 15) is 14.4 Å². The Morgan fingerprint density at radius 3 is 2.72 bits per heavy atom. The monoisotopic (exact) mass is 390 g/mol. The highest BCUT2D eigenvalue weighted by molar-refractivity contribution is 5.86. The summed E-state index contributed by atoms with van der Waals surface area (Å²) in [6.45, 7) is 0.0356. The van der Waals surface area contributed by atoms with Crippen LogP contribution in [0, 0.1) is 17.1 Å². The van der Waals surface area contributed by atoms with Crippen LogP contribution in [0.2, 0.25) is 0 Å². The molecule has 4 rings (SSSR count). The van der Waals surface area contributed by atoms with Crippen LogP contribution in [0.15, 0.2) is 71.4 Å². The summed E-state index contributed by atoms with van der Waals surface area (Å²) in [6, 6.07) is 16.3. The Balaban J connectivity index is 1.38. The molecule has 0 amide bonds. The highest BCUT2D eigenvalue weighted by Gasteiger charge is 2.16. The molecular formula is C22H15FN2O4. The van der Waals surface area contributed by atoms with E-state index in [1.165, 1.54) is 30.3 Å². The topological polar surface area (TPSA) is 76.9 Å². The zero-order valence-electron chi connectivity index (χ0n) is 15.2. The highest BCUT2D eigenvalue weighted by Crippen LogP contribution is 2.20. The molecule has 3 aromatic heterocycles. The fourth-order valence-corrected chi connectivity index (χ4v) is 2.88. The molecule has 0 aliphatic rings. The second kappa shape index (κ2) is 7.90. The van der Waals surface area contributed by atoms with Gasteiger partial charge in [0.25, 0.3) is 0 Å². The van der Waals surface area contributed by atoms with E-state index >= 15 is 0 Å². The number of carbonyl (C=O) groups is 1. The molecule has 0 radical (unpaired) electrons. The number of furan rings is 1. The first-order valence-corrected chi connectivity index (χ1v) is 8.77. The molecule has 0 saturated heterocycles. The van der Waals surface area contributed by atoms with Crippen LogP contribution in [-0.2, 0) is 18.0 Å². The minimum atomic E-state index is -0.642. The maximum absolute atomic E-state index is 12.9. The van der Waals surface area contributed by atoms with Crippen LogP contribution in [-0.4, -0.2) is 10.4 Å². The Morgan fingerprint density at radius 1 is 1.10 bits per heavy atom. The van der Waals surface area contributed by atoms with E-state index < -0.39 is 5.97 Å². The molecule has 0 unspecified atom stereocenters. The fraction of sp³-hybridized carbons (Fsp3) is 0.0909. The first kappa shape index (κ1) is 18.3. The summed E-state index contributed by atoms with van der Waals surface area (Å²) in [4.78, 5) is 12.3. The van der Waals surface area contributed by atoms with Gasteiger partial charge < -0.3 is 18.3 Å². The van der Waals surface area contributed by atoms with Crippen LogP contribution in [0.1, 0.15) is 27.4 Å². The van der Waals surface area contributed by atoms with Crippen molar-refractivity contribution in [1.82, 2.24) is 4.40 Å². The second-order valence-electron chi connectivity index (χ2n) is 6.22. The third-order valence-corrected chi connectivity index (χ3v) is 4.29. The van der Waals surface area contributed by atoms with Crippen molar-refractivity contribution in [2.75, 3.05) is 0 Å². The Kier molecular flexibility index (Phi) is 4.99. The summed E-state index contributed by atoms with van der Waals surface area (Å²) in [6.07, 6.45) is 3.58. The van der Waals surface area contributed by atoms with Gasteiger partial charge in [0.05, 0.1) is 11.1 Å². The van der Waals surface area contributed by atoms with Crippen molar-refractivity contribution in [3.8, 4) is 11.8 Å². The number of fused-ring (bicyclic) bond motifs is 1. The maximum atomic E-state index is 12.9. The van der Waals surface area contributed by atoms with E-state index in [-0.39, 0.29) is 24.8 Å². The largest absolute Gasteiger partial charge is 0.486 e. The Labute approximate surface area is 165 Å². The molecule has 4 aromatic rings. The van der Waals surface area contributed by atoms with Crippen LogP contribution in [0.5, 0.6) is 5.75 Å². The van der Waals surface area contributed by atoms with Crippen molar-refractivity contribution >= 4 is 11.5 Å². The quantitative estimate of drug-likeness (QED) is 0.454. The molecule has 0 saturated carbocycles. The maximum Gasteiger partial charge on any atom is 0.374 e. The second-order valence-corrected chi connectivity index (χ2v) is 6.22. The van der Waals surface area contributed by atoms with Gasteiger partial charge in [-0.1, -0.05) is 6.07 Å². The molecular weight excluding hydrogens is 375 g/mol. The van der Waals surface area contributed by atoms with Crippen LogP contribution in [0.4, 0.5) is 4.39 Å². The Bertz CT molecular complexity index is 1200. The van der Waals surface area contributed by atoms with Gasteiger partial charge in [0.1, 0.15) is 36.6 Å². The molecule has 0 atom stereocenters. The van der Waals surface area contributed by atoms with Crippen LogP contribution in [0.25, 0.3) is 5.52 Å². The van der Waals surface area contributed by atoms with Gasteiger partial charge in [-0.25, -0.2) is 9.18 Å². The number of aromatic nitrogens is 1. The number of pyridine rings is 1. The van der Waals surface area contributed by atoms with E-state index in [0.29, 0.717) is 22.6 Å². The summed E-state index contributed by atoms with van der Waals surface area (Å²) in [5.41, 5.74) is 1.82. The zero-order chi connectivity index (χ0) is 20.2. The smallest absolute Gasteiger partial charge is 0.374 e. The number of hydrogen-bond donors (Lipinski definition) is 0. The lowest BCUT2D eigenvalue weighted by Gasteiger charge is -2.04. The van der Waals surface area contributed by atoms with Gasteiger partial charge in [-0.15, -0.1) is 0 Å². The number of hydrogen-bond acceptors (Lipinski definition) is 5. The molecule has 6 nitrogen and oxygen atoms in total. The predicted octanol–water partition coefficient (Wildman–Crippen LogP) is 4.48. The van der Waals surface area contributed by atoms with Gasteiger partial charge >= 0.3 is 5.97 Å². The summed E-state index contributed by atoms with van der Waals surface area (Å²) in [7, 11) is 0. The summed E-state index contributed by atoms with van der Waals surface area (Å²) in [5, 5.41) is 9.40. The van der Waals surface area contributed by atoms with E-state index in [4.69, 9.17) is 13.9 Å². The molecule has 0 bridgehead atoms. The van der Waals surface area contributed by atoms with Gasteiger partial charge in [-0.3, -0.25) is 0 Å². The predicted molar refractivity (Wildman–Crippen MR) is 101 cm³/mol. The third kappa shape index (κ3) is 3.96. The van der Waals surface area contributed by atoms with Crippen molar-refractivity contribution in [2.45, 2.75) is 13.2 Å². The Hall–Kier alpha value is -4.05. The number of ether oxygens (including phenoxy) is 2. The number of nitriles is 1. The van der Waals surface area contributed by atoms with Gasteiger partial charge in [0.15, 0.2) is 0 Å². The standard InChI is InChI=1S/C22H15FN2O4/c23-16-4-6-17(7-5-16)27-14-18-8-9-21(29-18)22(26)28-13-15-12-25-10-2-1-3-20(25)19(15)11-24/h1-10,12H,13-14H2. The number of esters is 1. The molecule has 3 heterocycles. The summed E-state index contributed by atoms with van der Waals surface area (Å²) >= 11 is 0. The Morgan fingerprint density at radius 2 is 1.93 bits per heavy atom. The number of rotatable bonds is 6. The van der Waals surface area contributed by atoms with E-state index in [1.54, 1.807) is 16.7 Å². The average molecular weight is 390 g/mol. The molecule has 0 fully saturated rings. The number of carbonyl (C=O) groups excluding carboxylic acids is 1. The lowest BCUT2D eigenvalue weighted by atomic mass is 10.2. The van der Waals surface area contributed by atoms with Crippen molar-refractivity contribution in [3.05, 3.63) is 95.5 Å². The minimum absolute atomic E-state index is 0.0324. The molecule has 1 aromatic carbocycles. The van der Waals surface area contributed by atoms with Gasteiger partial charge in [0.2, 0.25) is 5.76 Å². The molecule has 29 heavy (non-hydrogen) atoms. The molecule has 7 heteroatoms. The molecule has 0 N–H and O–H groups in total. The first-order chi connectivity index (χ1) is 14.1. The SMILES string of the molecule is N#Cc1c(COC(=O)c2ccc(COc3ccc(F)cc3)o2)cn2ccccc12. The van der Waals surface area contributed by atoms with Crippen molar-refractivity contribution in [2.24, 2.45) is 0 Å². The van der Waals surface area contributed by atoms with Crippen LogP contribution >= 0.6 is 0 Å². The van der Waals surface area contributed by atoms with Crippen molar-refractivity contribution < 1.29 is 23.1 Å². The number of nitrogens with zero attached hydrogens (tertiary/aromatic N) is 2. The lowest BCUT2D eigenvalue weighted by Crippen LogP contribution is -2.04. The molecule has 144 valence electrons. The number of benzene rings is 1. The lowest BCUT2D eigenvalue weighted by molar-refractivity contribution is 0.0432. The van der Waals surface area contributed by atoms with E-state index in [1.807, 2.05) is 24.4 Å². The van der Waals surface area contributed by atoms with E-state index in [2.05, 4.69) is 6.07 Å². The van der Waals surface area contributed by atoms with Gasteiger partial charge in [0, 0.05) is 18.0 Å². The van der Waals surface area contributed by atoms with Crippen LogP contribution in [0.3, 0.4) is 0 Å². The average Bonchev–Trinajstić information content (AvgIpc) is 3.36. The molecule has 0 aliphatic heterocycles. The summed E-state index contributed by atoms with van der Waals surface area (Å²) in [5.74, 6) is -0.0523. The zero-order valence-corrected chi connectivity index (χ0v) is 15.2. The highest BCUT2D eigenvalue weighted by atomic mass is 19.1. The fourth-order valence-electron chi connectivity index (χ4n) is 2.88. The van der Waals surface area contributed by atoms with Crippen LogP contribution < -0.4 is 4.74 Å². The molecule has 0 spiro atoms. The van der Waals surface area contributed by atoms with Gasteiger partial charge in [-0.2, -0.15) is 5.26 Å². The van der Waals surface area contributed by atoms with E-state index in [0.717, 1.165) is 5.52 Å². The number of halogens is 1. The summed E-state index contributed by atoms with van der Waals surface area (Å²) < 4.78 is 30.9. The minimum Gasteiger partial charge on any atom is -0.486 e. The van der Waals surface area contributed by atoms with Crippen molar-refractivity contribution in [1.29, 1.82) is 5.26 Å².